The third-order valence-corrected chi connectivity index (χ3v) is 6.63. The summed E-state index contributed by atoms with van der Waals surface area (Å²) in [5.41, 5.74) is 3.45. The van der Waals surface area contributed by atoms with Crippen LogP contribution in [0, 0.1) is 0 Å². The van der Waals surface area contributed by atoms with E-state index in [9.17, 15) is 14.4 Å². The maximum atomic E-state index is 13.1. The highest BCUT2D eigenvalue weighted by Crippen LogP contribution is 2.42. The first-order valence-corrected chi connectivity index (χ1v) is 10.9. The standard InChI is InChI=1S/C24H24BrN3O3/c1-14-13-24(2,3)27(4)20-9-8-15(10-18(14)20)11-19-21(29)26-23(31)28(22(19)30)17-7-5-6-16(25)12-17/h5-12,14H,13H2,1-4H3,(H,26,29,31)/b19-11+. The Labute approximate surface area is 190 Å². The maximum absolute atomic E-state index is 13.1. The molecular weight excluding hydrogens is 458 g/mol. The molecule has 1 saturated heterocycles. The van der Waals surface area contributed by atoms with E-state index in [1.54, 1.807) is 30.3 Å². The molecule has 0 bridgehead atoms. The Morgan fingerprint density at radius 3 is 2.58 bits per heavy atom. The van der Waals surface area contributed by atoms with Gasteiger partial charge in [-0.3, -0.25) is 14.9 Å². The number of rotatable bonds is 2. The number of urea groups is 1. The monoisotopic (exact) mass is 481 g/mol. The molecule has 4 amide bonds. The van der Waals surface area contributed by atoms with Crippen LogP contribution in [0.3, 0.4) is 0 Å². The molecule has 6 nitrogen and oxygen atoms in total. The predicted molar refractivity (Wildman–Crippen MR) is 125 cm³/mol. The molecular formula is C24H24BrN3O3. The van der Waals surface area contributed by atoms with Gasteiger partial charge in [0.25, 0.3) is 11.8 Å². The number of hydrogen-bond donors (Lipinski definition) is 1. The number of hydrogen-bond acceptors (Lipinski definition) is 4. The number of carbonyl (C=O) groups excluding carboxylic acids is 3. The van der Waals surface area contributed by atoms with Gasteiger partial charge >= 0.3 is 6.03 Å². The summed E-state index contributed by atoms with van der Waals surface area (Å²) in [7, 11) is 2.09. The van der Waals surface area contributed by atoms with Gasteiger partial charge in [0, 0.05) is 22.7 Å². The third kappa shape index (κ3) is 3.78. The largest absolute Gasteiger partial charge is 0.369 e. The Morgan fingerprint density at radius 2 is 1.87 bits per heavy atom. The Balaban J connectivity index is 1.73. The lowest BCUT2D eigenvalue weighted by Gasteiger charge is -2.45. The fourth-order valence-corrected chi connectivity index (χ4v) is 4.75. The van der Waals surface area contributed by atoms with Crippen molar-refractivity contribution >= 4 is 51.2 Å². The summed E-state index contributed by atoms with van der Waals surface area (Å²) in [6, 6.07) is 12.0. The lowest BCUT2D eigenvalue weighted by Crippen LogP contribution is -2.54. The molecule has 1 fully saturated rings. The molecule has 1 atom stereocenters. The average molecular weight is 482 g/mol. The van der Waals surface area contributed by atoms with Crippen LogP contribution in [0.4, 0.5) is 16.2 Å². The number of barbiturate groups is 1. The number of halogens is 1. The fraction of sp³-hybridized carbons (Fsp3) is 0.292. The predicted octanol–water partition coefficient (Wildman–Crippen LogP) is 4.84. The van der Waals surface area contributed by atoms with Crippen molar-refractivity contribution in [2.45, 2.75) is 38.6 Å². The van der Waals surface area contributed by atoms with E-state index >= 15 is 0 Å². The van der Waals surface area contributed by atoms with Gasteiger partial charge in [-0.2, -0.15) is 0 Å². The molecule has 0 aromatic heterocycles. The third-order valence-electron chi connectivity index (χ3n) is 6.14. The minimum Gasteiger partial charge on any atom is -0.369 e. The second-order valence-electron chi connectivity index (χ2n) is 8.73. The molecule has 2 aromatic rings. The van der Waals surface area contributed by atoms with Crippen LogP contribution in [0.15, 0.2) is 52.5 Å². The lowest BCUT2D eigenvalue weighted by molar-refractivity contribution is -0.122. The summed E-state index contributed by atoms with van der Waals surface area (Å²) < 4.78 is 0.726. The molecule has 0 radical (unpaired) electrons. The average Bonchev–Trinajstić information content (AvgIpc) is 2.69. The summed E-state index contributed by atoms with van der Waals surface area (Å²) >= 11 is 3.35. The van der Waals surface area contributed by atoms with Crippen molar-refractivity contribution in [2.75, 3.05) is 16.8 Å². The number of fused-ring (bicyclic) bond motifs is 1. The number of nitrogens with zero attached hydrogens (tertiary/aromatic N) is 2. The zero-order chi connectivity index (χ0) is 22.5. The normalized spacial score (nSPS) is 21.9. The van der Waals surface area contributed by atoms with Gasteiger partial charge in [-0.1, -0.05) is 35.0 Å². The van der Waals surface area contributed by atoms with Gasteiger partial charge in [0.15, 0.2) is 0 Å². The highest BCUT2D eigenvalue weighted by Gasteiger charge is 2.37. The summed E-state index contributed by atoms with van der Waals surface area (Å²) in [5, 5.41) is 2.27. The van der Waals surface area contributed by atoms with Gasteiger partial charge in [-0.15, -0.1) is 0 Å². The lowest BCUT2D eigenvalue weighted by atomic mass is 9.80. The van der Waals surface area contributed by atoms with Crippen LogP contribution in [-0.2, 0) is 9.59 Å². The molecule has 1 N–H and O–H groups in total. The second kappa shape index (κ2) is 7.64. The Kier molecular flexibility index (Phi) is 5.25. The smallest absolute Gasteiger partial charge is 0.335 e. The zero-order valence-corrected chi connectivity index (χ0v) is 19.5. The quantitative estimate of drug-likeness (QED) is 0.492. The van der Waals surface area contributed by atoms with Gasteiger partial charge < -0.3 is 4.90 Å². The van der Waals surface area contributed by atoms with Crippen molar-refractivity contribution in [3.8, 4) is 0 Å². The van der Waals surface area contributed by atoms with E-state index in [0.717, 1.165) is 27.0 Å². The number of anilines is 2. The molecule has 2 aliphatic heterocycles. The van der Waals surface area contributed by atoms with Gasteiger partial charge in [-0.25, -0.2) is 9.69 Å². The minimum absolute atomic E-state index is 0.0520. The minimum atomic E-state index is -0.756. The maximum Gasteiger partial charge on any atom is 0.335 e. The van der Waals surface area contributed by atoms with Crippen LogP contribution in [0.1, 0.15) is 44.2 Å². The molecule has 2 heterocycles. The first kappa shape index (κ1) is 21.3. The van der Waals surface area contributed by atoms with E-state index in [1.807, 2.05) is 18.2 Å². The van der Waals surface area contributed by atoms with Crippen molar-refractivity contribution in [1.82, 2.24) is 5.32 Å². The van der Waals surface area contributed by atoms with Crippen LogP contribution >= 0.6 is 15.9 Å². The first-order chi connectivity index (χ1) is 14.6. The van der Waals surface area contributed by atoms with Crippen molar-refractivity contribution in [3.05, 3.63) is 63.6 Å². The van der Waals surface area contributed by atoms with E-state index in [4.69, 9.17) is 0 Å². The van der Waals surface area contributed by atoms with Gasteiger partial charge in [0.05, 0.1) is 5.69 Å². The summed E-state index contributed by atoms with van der Waals surface area (Å²) in [4.78, 5) is 41.2. The summed E-state index contributed by atoms with van der Waals surface area (Å²) in [5.74, 6) is -0.990. The molecule has 0 aliphatic carbocycles. The first-order valence-electron chi connectivity index (χ1n) is 10.1. The molecule has 2 aliphatic rings. The molecule has 31 heavy (non-hydrogen) atoms. The van der Waals surface area contributed by atoms with Crippen LogP contribution < -0.4 is 15.1 Å². The van der Waals surface area contributed by atoms with Gasteiger partial charge in [0.1, 0.15) is 5.57 Å². The number of nitrogens with one attached hydrogen (secondary N) is 1. The molecule has 1 unspecified atom stereocenters. The Hall–Kier alpha value is -2.93. The van der Waals surface area contributed by atoms with Gasteiger partial charge in [-0.05, 0) is 73.7 Å². The van der Waals surface area contributed by atoms with E-state index < -0.39 is 17.8 Å². The van der Waals surface area contributed by atoms with E-state index in [0.29, 0.717) is 11.6 Å². The van der Waals surface area contributed by atoms with Crippen LogP contribution in [0.5, 0.6) is 0 Å². The van der Waals surface area contributed by atoms with Crippen LogP contribution in [0.25, 0.3) is 6.08 Å². The van der Waals surface area contributed by atoms with E-state index in [2.05, 4.69) is 54.0 Å². The zero-order valence-electron chi connectivity index (χ0n) is 17.9. The van der Waals surface area contributed by atoms with Crippen molar-refractivity contribution < 1.29 is 14.4 Å². The fourth-order valence-electron chi connectivity index (χ4n) is 4.36. The number of benzene rings is 2. The molecule has 4 rings (SSSR count). The molecule has 2 aromatic carbocycles. The topological polar surface area (TPSA) is 69.7 Å². The number of amides is 4. The molecule has 0 saturated carbocycles. The van der Waals surface area contributed by atoms with Crippen LogP contribution in [0.2, 0.25) is 0 Å². The second-order valence-corrected chi connectivity index (χ2v) is 9.65. The molecule has 160 valence electrons. The highest BCUT2D eigenvalue weighted by molar-refractivity contribution is 9.10. The van der Waals surface area contributed by atoms with Crippen molar-refractivity contribution in [2.24, 2.45) is 0 Å². The van der Waals surface area contributed by atoms with E-state index in [-0.39, 0.29) is 11.1 Å². The van der Waals surface area contributed by atoms with Crippen molar-refractivity contribution in [3.63, 3.8) is 0 Å². The molecule has 7 heteroatoms. The van der Waals surface area contributed by atoms with Crippen LogP contribution in [-0.4, -0.2) is 30.4 Å². The number of carbonyl (C=O) groups is 3. The molecule has 0 spiro atoms. The highest BCUT2D eigenvalue weighted by atomic mass is 79.9. The van der Waals surface area contributed by atoms with Crippen molar-refractivity contribution in [1.29, 1.82) is 0 Å². The summed E-state index contributed by atoms with van der Waals surface area (Å²) in [6.45, 7) is 6.64. The van der Waals surface area contributed by atoms with Gasteiger partial charge in [0.2, 0.25) is 0 Å². The Bertz CT molecular complexity index is 1140. The Morgan fingerprint density at radius 1 is 1.13 bits per heavy atom. The summed E-state index contributed by atoms with van der Waals surface area (Å²) in [6.07, 6.45) is 2.56. The number of imide groups is 2. The van der Waals surface area contributed by atoms with E-state index in [1.165, 1.54) is 5.56 Å². The SMILES string of the molecule is CC1CC(C)(C)N(C)c2ccc(/C=C3\C(=O)NC(=O)N(c4cccc(Br)c4)C3=O)cc21.